The van der Waals surface area contributed by atoms with Crippen LogP contribution in [-0.2, 0) is 0 Å². The first-order chi connectivity index (χ1) is 12.9. The van der Waals surface area contributed by atoms with Gasteiger partial charge in [-0.1, -0.05) is 23.8 Å². The van der Waals surface area contributed by atoms with Crippen molar-refractivity contribution in [1.82, 2.24) is 9.97 Å². The van der Waals surface area contributed by atoms with E-state index in [1.165, 1.54) is 0 Å². The van der Waals surface area contributed by atoms with Crippen LogP contribution < -0.4 is 10.6 Å². The van der Waals surface area contributed by atoms with Gasteiger partial charge in [0.25, 0.3) is 5.91 Å². The largest absolute Gasteiger partial charge is 0.340 e. The highest BCUT2D eigenvalue weighted by Gasteiger charge is 2.12. The highest BCUT2D eigenvalue weighted by atomic mass is 16.1. The monoisotopic (exact) mass is 357 g/mol. The van der Waals surface area contributed by atoms with E-state index < -0.39 is 0 Å². The van der Waals surface area contributed by atoms with Crippen molar-refractivity contribution in [2.45, 2.75) is 20.8 Å². The van der Waals surface area contributed by atoms with Gasteiger partial charge in [-0.2, -0.15) is 5.26 Å². The van der Waals surface area contributed by atoms with Crippen LogP contribution in [0.15, 0.2) is 48.5 Å². The second-order valence-electron chi connectivity index (χ2n) is 6.28. The van der Waals surface area contributed by atoms with Crippen molar-refractivity contribution in [2.24, 2.45) is 0 Å². The van der Waals surface area contributed by atoms with Crippen LogP contribution in [-0.4, -0.2) is 15.9 Å². The summed E-state index contributed by atoms with van der Waals surface area (Å²) in [7, 11) is 0. The summed E-state index contributed by atoms with van der Waals surface area (Å²) in [5, 5.41) is 15.0. The molecule has 0 aliphatic heterocycles. The summed E-state index contributed by atoms with van der Waals surface area (Å²) in [4.78, 5) is 21.2. The lowest BCUT2D eigenvalue weighted by molar-refractivity contribution is 0.102. The second kappa shape index (κ2) is 7.67. The summed E-state index contributed by atoms with van der Waals surface area (Å²) in [6.07, 6.45) is 0. The molecule has 0 fully saturated rings. The molecule has 2 aromatic carbocycles. The molecule has 6 nitrogen and oxygen atoms in total. The molecule has 2 N–H and O–H groups in total. The molecular formula is C21H19N5O. The number of nitriles is 1. The van der Waals surface area contributed by atoms with Gasteiger partial charge in [0.05, 0.1) is 11.6 Å². The van der Waals surface area contributed by atoms with Crippen LogP contribution in [0, 0.1) is 32.1 Å². The Hall–Kier alpha value is -3.72. The number of benzene rings is 2. The van der Waals surface area contributed by atoms with Crippen LogP contribution in [0.25, 0.3) is 0 Å². The van der Waals surface area contributed by atoms with E-state index in [1.807, 2.05) is 38.1 Å². The minimum Gasteiger partial charge on any atom is -0.340 e. The fourth-order valence-electron chi connectivity index (χ4n) is 2.70. The molecule has 0 saturated carbocycles. The second-order valence-corrected chi connectivity index (χ2v) is 6.28. The summed E-state index contributed by atoms with van der Waals surface area (Å²) in [5.74, 6) is 0.659. The molecule has 1 amide bonds. The summed E-state index contributed by atoms with van der Waals surface area (Å²) in [6.45, 7) is 5.68. The van der Waals surface area contributed by atoms with Crippen molar-refractivity contribution in [3.8, 4) is 6.07 Å². The Labute approximate surface area is 157 Å². The van der Waals surface area contributed by atoms with Crippen molar-refractivity contribution < 1.29 is 4.79 Å². The Morgan fingerprint density at radius 2 is 1.85 bits per heavy atom. The molecule has 0 unspecified atom stereocenters. The molecule has 1 heterocycles. The minimum absolute atomic E-state index is 0.265. The minimum atomic E-state index is -0.304. The Morgan fingerprint density at radius 1 is 1.04 bits per heavy atom. The van der Waals surface area contributed by atoms with Gasteiger partial charge in [-0.05, 0) is 50.6 Å². The van der Waals surface area contributed by atoms with Crippen LogP contribution in [0.3, 0.4) is 0 Å². The van der Waals surface area contributed by atoms with Gasteiger partial charge < -0.3 is 10.6 Å². The first kappa shape index (κ1) is 18.1. The van der Waals surface area contributed by atoms with Gasteiger partial charge >= 0.3 is 0 Å². The van der Waals surface area contributed by atoms with Crippen molar-refractivity contribution in [3.63, 3.8) is 0 Å². The number of aromatic nitrogens is 2. The first-order valence-electron chi connectivity index (χ1n) is 8.46. The van der Waals surface area contributed by atoms with Gasteiger partial charge in [-0.3, -0.25) is 4.79 Å². The van der Waals surface area contributed by atoms with Gasteiger partial charge in [-0.15, -0.1) is 0 Å². The zero-order chi connectivity index (χ0) is 19.4. The van der Waals surface area contributed by atoms with Gasteiger partial charge in [0.1, 0.15) is 17.3 Å². The summed E-state index contributed by atoms with van der Waals surface area (Å²) < 4.78 is 0. The zero-order valence-electron chi connectivity index (χ0n) is 15.4. The normalized spacial score (nSPS) is 10.1. The number of rotatable bonds is 4. The average Bonchev–Trinajstić information content (AvgIpc) is 2.63. The van der Waals surface area contributed by atoms with Crippen LogP contribution >= 0.6 is 0 Å². The summed E-state index contributed by atoms with van der Waals surface area (Å²) in [6, 6.07) is 16.6. The molecule has 0 spiro atoms. The summed E-state index contributed by atoms with van der Waals surface area (Å²) >= 11 is 0. The maximum Gasteiger partial charge on any atom is 0.274 e. The third kappa shape index (κ3) is 4.47. The fourth-order valence-corrected chi connectivity index (χ4v) is 2.70. The molecule has 0 aliphatic rings. The highest BCUT2D eigenvalue weighted by molar-refractivity contribution is 6.03. The molecule has 0 aliphatic carbocycles. The van der Waals surface area contributed by atoms with Crippen molar-refractivity contribution in [2.75, 3.05) is 10.6 Å². The van der Waals surface area contributed by atoms with E-state index >= 15 is 0 Å². The number of hydrogen-bond donors (Lipinski definition) is 2. The Morgan fingerprint density at radius 3 is 2.59 bits per heavy atom. The Balaban J connectivity index is 1.84. The predicted molar refractivity (Wildman–Crippen MR) is 105 cm³/mol. The fraction of sp³-hybridized carbons (Fsp3) is 0.143. The average molecular weight is 357 g/mol. The SMILES string of the molecule is Cc1ccc(NC(=O)c2cc(Nc3cccc(C#N)c3)nc(C)n2)c(C)c1. The summed E-state index contributed by atoms with van der Waals surface area (Å²) in [5.41, 5.74) is 4.39. The third-order valence-electron chi connectivity index (χ3n) is 3.96. The van der Waals surface area contributed by atoms with Crippen molar-refractivity contribution in [1.29, 1.82) is 5.26 Å². The molecule has 134 valence electrons. The van der Waals surface area contributed by atoms with Gasteiger partial charge in [-0.25, -0.2) is 9.97 Å². The quantitative estimate of drug-likeness (QED) is 0.728. The van der Waals surface area contributed by atoms with Gasteiger partial charge in [0, 0.05) is 17.4 Å². The number of amides is 1. The van der Waals surface area contributed by atoms with Crippen molar-refractivity contribution >= 4 is 23.1 Å². The van der Waals surface area contributed by atoms with Gasteiger partial charge in [0.15, 0.2) is 0 Å². The number of anilines is 3. The van der Waals surface area contributed by atoms with E-state index in [2.05, 4.69) is 26.7 Å². The van der Waals surface area contributed by atoms with Crippen LogP contribution in [0.4, 0.5) is 17.2 Å². The topological polar surface area (TPSA) is 90.7 Å². The van der Waals surface area contributed by atoms with E-state index in [1.54, 1.807) is 31.2 Å². The Bertz CT molecular complexity index is 1050. The lowest BCUT2D eigenvalue weighted by Crippen LogP contribution is -2.16. The zero-order valence-corrected chi connectivity index (χ0v) is 15.4. The van der Waals surface area contributed by atoms with Crippen LogP contribution in [0.2, 0.25) is 0 Å². The van der Waals surface area contributed by atoms with E-state index in [-0.39, 0.29) is 11.6 Å². The molecule has 27 heavy (non-hydrogen) atoms. The van der Waals surface area contributed by atoms with Crippen molar-refractivity contribution in [3.05, 3.63) is 76.7 Å². The molecule has 0 saturated heterocycles. The first-order valence-corrected chi connectivity index (χ1v) is 8.46. The standard InChI is InChI=1S/C21H19N5O/c1-13-7-8-18(14(2)9-13)26-21(27)19-11-20(24-15(3)23-19)25-17-6-4-5-16(10-17)12-22/h4-11H,1-3H3,(H,26,27)(H,23,24,25). The number of nitrogens with zero attached hydrogens (tertiary/aromatic N) is 3. The predicted octanol–water partition coefficient (Wildman–Crippen LogP) is 4.27. The van der Waals surface area contributed by atoms with E-state index in [4.69, 9.17) is 5.26 Å². The maximum absolute atomic E-state index is 12.6. The smallest absolute Gasteiger partial charge is 0.274 e. The number of carbonyl (C=O) groups is 1. The Kier molecular flexibility index (Phi) is 5.13. The lowest BCUT2D eigenvalue weighted by Gasteiger charge is -2.11. The van der Waals surface area contributed by atoms with E-state index in [9.17, 15) is 4.79 Å². The van der Waals surface area contributed by atoms with E-state index in [0.29, 0.717) is 22.9 Å². The van der Waals surface area contributed by atoms with E-state index in [0.717, 1.165) is 16.8 Å². The number of nitrogens with one attached hydrogen (secondary N) is 2. The molecule has 0 atom stereocenters. The number of aryl methyl sites for hydroxylation is 3. The van der Waals surface area contributed by atoms with Crippen LogP contribution in [0.5, 0.6) is 0 Å². The maximum atomic E-state index is 12.6. The molecule has 1 aromatic heterocycles. The molecule has 0 bridgehead atoms. The molecule has 6 heteroatoms. The highest BCUT2D eigenvalue weighted by Crippen LogP contribution is 2.19. The number of hydrogen-bond acceptors (Lipinski definition) is 5. The molecular weight excluding hydrogens is 338 g/mol. The molecule has 0 radical (unpaired) electrons. The van der Waals surface area contributed by atoms with Crippen LogP contribution in [0.1, 0.15) is 33.0 Å². The molecule has 3 rings (SSSR count). The van der Waals surface area contributed by atoms with Gasteiger partial charge in [0.2, 0.25) is 0 Å². The molecule has 3 aromatic rings. The number of carbonyl (C=O) groups excluding carboxylic acids is 1. The lowest BCUT2D eigenvalue weighted by atomic mass is 10.1. The third-order valence-corrected chi connectivity index (χ3v) is 3.96.